The molecule has 4 heteroatoms. The number of carbonyl (C=O) groups is 1. The lowest BCUT2D eigenvalue weighted by molar-refractivity contribution is -0.128. The van der Waals surface area contributed by atoms with E-state index >= 15 is 0 Å². The Bertz CT molecular complexity index is 678. The van der Waals surface area contributed by atoms with Crippen LogP contribution in [0.1, 0.15) is 25.0 Å². The summed E-state index contributed by atoms with van der Waals surface area (Å²) in [6.45, 7) is 7.26. The Morgan fingerprint density at radius 1 is 1.09 bits per heavy atom. The van der Waals surface area contributed by atoms with Gasteiger partial charge in [-0.05, 0) is 69.2 Å². The van der Waals surface area contributed by atoms with Crippen LogP contribution in [-0.4, -0.2) is 11.5 Å². The average molecular weight is 301 g/mol. The Morgan fingerprint density at radius 3 is 2.36 bits per heavy atom. The molecular weight excluding hydrogens is 281 g/mol. The lowest BCUT2D eigenvalue weighted by Crippen LogP contribution is -2.42. The van der Waals surface area contributed by atoms with Gasteiger partial charge in [-0.3, -0.25) is 4.79 Å². The number of aryl methyl sites for hydroxylation is 2. The molecule has 0 fully saturated rings. The Labute approximate surface area is 130 Å². The van der Waals surface area contributed by atoms with Gasteiger partial charge >= 0.3 is 0 Å². The summed E-state index contributed by atoms with van der Waals surface area (Å²) in [6.07, 6.45) is 0. The van der Waals surface area contributed by atoms with Gasteiger partial charge in [0.1, 0.15) is 11.6 Å². The van der Waals surface area contributed by atoms with E-state index in [0.29, 0.717) is 5.75 Å². The van der Waals surface area contributed by atoms with Gasteiger partial charge in [-0.2, -0.15) is 0 Å². The second-order valence-corrected chi connectivity index (χ2v) is 5.84. The number of amides is 1. The number of halogens is 1. The monoisotopic (exact) mass is 301 g/mol. The number of carbonyl (C=O) groups excluding carboxylic acids is 1. The lowest BCUT2D eigenvalue weighted by Gasteiger charge is -2.25. The van der Waals surface area contributed by atoms with Crippen LogP contribution in [0.25, 0.3) is 0 Å². The average Bonchev–Trinajstić information content (AvgIpc) is 2.45. The Morgan fingerprint density at radius 2 is 1.73 bits per heavy atom. The van der Waals surface area contributed by atoms with Crippen LogP contribution in [0, 0.1) is 19.7 Å². The van der Waals surface area contributed by atoms with Gasteiger partial charge in [0.25, 0.3) is 5.91 Å². The number of nitrogens with one attached hydrogen (secondary N) is 1. The van der Waals surface area contributed by atoms with Crippen LogP contribution in [0.3, 0.4) is 0 Å². The van der Waals surface area contributed by atoms with Crippen LogP contribution in [-0.2, 0) is 4.79 Å². The van der Waals surface area contributed by atoms with E-state index < -0.39 is 5.60 Å². The van der Waals surface area contributed by atoms with Crippen molar-refractivity contribution >= 4 is 11.6 Å². The number of anilines is 1. The molecule has 0 saturated carbocycles. The van der Waals surface area contributed by atoms with E-state index in [4.69, 9.17) is 4.74 Å². The van der Waals surface area contributed by atoms with E-state index in [1.165, 1.54) is 24.3 Å². The minimum Gasteiger partial charge on any atom is -0.478 e. The smallest absolute Gasteiger partial charge is 0.267 e. The fraction of sp³-hybridized carbons (Fsp3) is 0.278. The van der Waals surface area contributed by atoms with Gasteiger partial charge in [0.2, 0.25) is 0 Å². The van der Waals surface area contributed by atoms with Crippen molar-refractivity contribution in [2.75, 3.05) is 5.32 Å². The van der Waals surface area contributed by atoms with Crippen molar-refractivity contribution in [2.24, 2.45) is 0 Å². The molecule has 22 heavy (non-hydrogen) atoms. The van der Waals surface area contributed by atoms with Gasteiger partial charge in [-0.25, -0.2) is 4.39 Å². The van der Waals surface area contributed by atoms with E-state index in [1.54, 1.807) is 13.8 Å². The molecule has 0 aromatic heterocycles. The predicted molar refractivity (Wildman–Crippen MR) is 85.7 cm³/mol. The zero-order valence-corrected chi connectivity index (χ0v) is 13.2. The molecule has 1 amide bonds. The molecule has 0 heterocycles. The fourth-order valence-corrected chi connectivity index (χ4v) is 1.99. The first-order chi connectivity index (χ1) is 10.3. The quantitative estimate of drug-likeness (QED) is 0.917. The minimum absolute atomic E-state index is 0.259. The summed E-state index contributed by atoms with van der Waals surface area (Å²) in [5.41, 5.74) is 1.74. The minimum atomic E-state index is -1.08. The highest BCUT2D eigenvalue weighted by molar-refractivity contribution is 5.97. The Hall–Kier alpha value is -2.36. The lowest BCUT2D eigenvalue weighted by atomic mass is 10.1. The van der Waals surface area contributed by atoms with Gasteiger partial charge in [-0.1, -0.05) is 12.1 Å². The highest BCUT2D eigenvalue weighted by Crippen LogP contribution is 2.22. The molecule has 0 radical (unpaired) electrons. The molecule has 2 rings (SSSR count). The summed E-state index contributed by atoms with van der Waals surface area (Å²) in [6, 6.07) is 11.5. The first kappa shape index (κ1) is 16.0. The molecule has 0 aliphatic heterocycles. The van der Waals surface area contributed by atoms with Crippen molar-refractivity contribution in [2.45, 2.75) is 33.3 Å². The number of benzene rings is 2. The maximum Gasteiger partial charge on any atom is 0.267 e. The van der Waals surface area contributed by atoms with E-state index in [1.807, 2.05) is 32.0 Å². The van der Waals surface area contributed by atoms with Crippen LogP contribution in [0.15, 0.2) is 42.5 Å². The topological polar surface area (TPSA) is 38.3 Å². The summed E-state index contributed by atoms with van der Waals surface area (Å²) in [4.78, 5) is 12.5. The zero-order valence-electron chi connectivity index (χ0n) is 13.2. The number of hydrogen-bond acceptors (Lipinski definition) is 2. The maximum atomic E-state index is 12.9. The van der Waals surface area contributed by atoms with Crippen LogP contribution < -0.4 is 10.1 Å². The third kappa shape index (κ3) is 3.85. The molecule has 0 bridgehead atoms. The number of ether oxygens (including phenoxy) is 1. The van der Waals surface area contributed by atoms with E-state index in [2.05, 4.69) is 5.32 Å². The van der Waals surface area contributed by atoms with E-state index in [-0.39, 0.29) is 11.7 Å². The molecule has 0 spiro atoms. The zero-order chi connectivity index (χ0) is 16.3. The fourth-order valence-electron chi connectivity index (χ4n) is 1.99. The van der Waals surface area contributed by atoms with Crippen molar-refractivity contribution in [1.82, 2.24) is 0 Å². The molecule has 3 nitrogen and oxygen atoms in total. The standard InChI is InChI=1S/C18H20FNO2/c1-12-5-6-13(2)16(11-12)20-17(21)18(3,4)22-15-9-7-14(19)8-10-15/h5-11H,1-4H3,(H,20,21). The molecule has 116 valence electrons. The second kappa shape index (κ2) is 6.18. The highest BCUT2D eigenvalue weighted by Gasteiger charge is 2.30. The van der Waals surface area contributed by atoms with Crippen LogP contribution >= 0.6 is 0 Å². The van der Waals surface area contributed by atoms with Crippen molar-refractivity contribution in [3.63, 3.8) is 0 Å². The molecule has 0 saturated heterocycles. The van der Waals surface area contributed by atoms with Crippen LogP contribution in [0.5, 0.6) is 5.75 Å². The van der Waals surface area contributed by atoms with Gasteiger partial charge in [0.05, 0.1) is 0 Å². The van der Waals surface area contributed by atoms with E-state index in [0.717, 1.165) is 16.8 Å². The first-order valence-corrected chi connectivity index (χ1v) is 7.11. The van der Waals surface area contributed by atoms with E-state index in [9.17, 15) is 9.18 Å². The second-order valence-electron chi connectivity index (χ2n) is 5.84. The first-order valence-electron chi connectivity index (χ1n) is 7.11. The van der Waals surface area contributed by atoms with Crippen LogP contribution in [0.2, 0.25) is 0 Å². The summed E-state index contributed by atoms with van der Waals surface area (Å²) in [5, 5.41) is 2.88. The summed E-state index contributed by atoms with van der Waals surface area (Å²) in [7, 11) is 0. The third-order valence-corrected chi connectivity index (χ3v) is 3.37. The molecule has 0 aliphatic carbocycles. The largest absolute Gasteiger partial charge is 0.478 e. The van der Waals surface area contributed by atoms with Gasteiger partial charge < -0.3 is 10.1 Å². The summed E-state index contributed by atoms with van der Waals surface area (Å²) >= 11 is 0. The molecule has 0 atom stereocenters. The van der Waals surface area contributed by atoms with Crippen molar-refractivity contribution in [3.05, 3.63) is 59.4 Å². The Balaban J connectivity index is 2.13. The molecule has 2 aromatic carbocycles. The molecule has 0 aliphatic rings. The van der Waals surface area contributed by atoms with Gasteiger partial charge in [0.15, 0.2) is 5.60 Å². The van der Waals surface area contributed by atoms with Crippen molar-refractivity contribution < 1.29 is 13.9 Å². The SMILES string of the molecule is Cc1ccc(C)c(NC(=O)C(C)(C)Oc2ccc(F)cc2)c1. The van der Waals surface area contributed by atoms with Gasteiger partial charge in [-0.15, -0.1) is 0 Å². The number of hydrogen-bond donors (Lipinski definition) is 1. The predicted octanol–water partition coefficient (Wildman–Crippen LogP) is 4.24. The van der Waals surface area contributed by atoms with Crippen molar-refractivity contribution in [1.29, 1.82) is 0 Å². The Kier molecular flexibility index (Phi) is 4.50. The molecule has 2 aromatic rings. The summed E-state index contributed by atoms with van der Waals surface area (Å²) < 4.78 is 18.6. The molecule has 0 unspecified atom stereocenters. The van der Waals surface area contributed by atoms with Crippen molar-refractivity contribution in [3.8, 4) is 5.75 Å². The number of rotatable bonds is 4. The third-order valence-electron chi connectivity index (χ3n) is 3.37. The molecule has 1 N–H and O–H groups in total. The van der Waals surface area contributed by atoms with Crippen LogP contribution in [0.4, 0.5) is 10.1 Å². The maximum absolute atomic E-state index is 12.9. The molecular formula is C18H20FNO2. The highest BCUT2D eigenvalue weighted by atomic mass is 19.1. The normalized spacial score (nSPS) is 11.1. The summed E-state index contributed by atoms with van der Waals surface area (Å²) in [5.74, 6) is -0.155. The van der Waals surface area contributed by atoms with Gasteiger partial charge in [0, 0.05) is 5.69 Å².